The summed E-state index contributed by atoms with van der Waals surface area (Å²) in [6.07, 6.45) is 1.60. The van der Waals surface area contributed by atoms with Crippen molar-refractivity contribution in [1.29, 1.82) is 0 Å². The Balaban J connectivity index is 3.20. The van der Waals surface area contributed by atoms with Crippen molar-refractivity contribution in [2.24, 2.45) is 5.18 Å². The molecule has 3 heteroatoms. The van der Waals surface area contributed by atoms with E-state index in [1.807, 2.05) is 0 Å². The van der Waals surface area contributed by atoms with Crippen LogP contribution in [0.5, 0.6) is 0 Å². The smallest absolute Gasteiger partial charge is 0.235 e. The lowest BCUT2D eigenvalue weighted by Crippen LogP contribution is -1.77. The molecule has 0 saturated carbocycles. The summed E-state index contributed by atoms with van der Waals surface area (Å²) in [6, 6.07) is 6.24. The van der Waals surface area contributed by atoms with Crippen LogP contribution in [0.2, 0.25) is 0 Å². The molecule has 0 heterocycles. The van der Waals surface area contributed by atoms with Gasteiger partial charge in [0.1, 0.15) is 5.69 Å². The van der Waals surface area contributed by atoms with E-state index in [9.17, 15) is 9.70 Å². The largest absolute Gasteiger partial charge is 0.285 e. The van der Waals surface area contributed by atoms with Gasteiger partial charge in [0.2, 0.25) is 6.29 Å². The van der Waals surface area contributed by atoms with Gasteiger partial charge in [-0.3, -0.25) is 4.79 Å². The van der Waals surface area contributed by atoms with Crippen LogP contribution in [0.25, 0.3) is 0 Å². The molecule has 49 valence electrons. The molecule has 10 heavy (non-hydrogen) atoms. The second kappa shape index (κ2) is 2.87. The summed E-state index contributed by atoms with van der Waals surface area (Å²) in [5, 5.41) is 2.63. The predicted molar refractivity (Wildman–Crippen MR) is 36.7 cm³/mol. The molecule has 1 aromatic carbocycles. The number of carbonyl (C=O) groups excluding carboxylic acids is 1. The quantitative estimate of drug-likeness (QED) is 0.576. The highest BCUT2D eigenvalue weighted by Gasteiger charge is 1.98. The van der Waals surface area contributed by atoms with E-state index in [0.717, 1.165) is 0 Å². The normalized spacial score (nSPS) is 8.80. The first-order valence-corrected chi connectivity index (χ1v) is 2.69. The Morgan fingerprint density at radius 3 is 2.50 bits per heavy atom. The van der Waals surface area contributed by atoms with E-state index in [2.05, 4.69) is 5.18 Å². The molecular formula is C7H4NO2. The van der Waals surface area contributed by atoms with Crippen LogP contribution in [-0.2, 0) is 4.79 Å². The van der Waals surface area contributed by atoms with E-state index in [1.54, 1.807) is 18.4 Å². The standard InChI is InChI=1S/C7H4NO2/c9-5-6-3-1-2-4-7(6)8-10/h1-4H. The minimum atomic E-state index is 0.137. The zero-order valence-electron chi connectivity index (χ0n) is 5.07. The molecule has 0 N–H and O–H groups in total. The van der Waals surface area contributed by atoms with Crippen LogP contribution in [0, 0.1) is 4.91 Å². The average Bonchev–Trinajstić information content (AvgIpc) is 2.04. The lowest BCUT2D eigenvalue weighted by molar-refractivity contribution is 0.563. The molecule has 0 aliphatic heterocycles. The monoisotopic (exact) mass is 134 g/mol. The third-order valence-electron chi connectivity index (χ3n) is 1.11. The van der Waals surface area contributed by atoms with Crippen molar-refractivity contribution in [3.63, 3.8) is 0 Å². The number of benzene rings is 1. The topological polar surface area (TPSA) is 46.5 Å². The van der Waals surface area contributed by atoms with Crippen LogP contribution in [0.1, 0.15) is 5.56 Å². The molecule has 0 aliphatic rings. The number of nitrogens with zero attached hydrogens (tertiary/aromatic N) is 1. The van der Waals surface area contributed by atoms with Gasteiger partial charge in [0, 0.05) is 0 Å². The summed E-state index contributed by atoms with van der Waals surface area (Å²) in [4.78, 5) is 20.0. The Morgan fingerprint density at radius 1 is 1.30 bits per heavy atom. The maximum absolute atomic E-state index is 10.1. The van der Waals surface area contributed by atoms with E-state index < -0.39 is 0 Å². The van der Waals surface area contributed by atoms with Gasteiger partial charge < -0.3 is 0 Å². The Hall–Kier alpha value is -1.51. The van der Waals surface area contributed by atoms with Gasteiger partial charge in [0.25, 0.3) is 0 Å². The summed E-state index contributed by atoms with van der Waals surface area (Å²) < 4.78 is 0. The second-order valence-electron chi connectivity index (χ2n) is 1.71. The molecule has 3 nitrogen and oxygen atoms in total. The number of hydrogen-bond donors (Lipinski definition) is 0. The third kappa shape index (κ3) is 1.07. The Bertz CT molecular complexity index is 231. The number of hydrogen-bond acceptors (Lipinski definition) is 3. The van der Waals surface area contributed by atoms with Crippen LogP contribution in [0.3, 0.4) is 0 Å². The Morgan fingerprint density at radius 2 is 2.00 bits per heavy atom. The van der Waals surface area contributed by atoms with Crippen LogP contribution in [-0.4, -0.2) is 6.29 Å². The molecule has 1 aromatic rings. The van der Waals surface area contributed by atoms with Crippen molar-refractivity contribution < 1.29 is 4.79 Å². The van der Waals surface area contributed by atoms with Crippen molar-refractivity contribution in [3.8, 4) is 0 Å². The number of nitroso groups, excluding NO2 is 1. The summed E-state index contributed by atoms with van der Waals surface area (Å²) in [5.74, 6) is 0. The average molecular weight is 134 g/mol. The van der Waals surface area contributed by atoms with Gasteiger partial charge in [-0.1, -0.05) is 12.1 Å². The van der Waals surface area contributed by atoms with E-state index in [0.29, 0.717) is 0 Å². The molecular weight excluding hydrogens is 130 g/mol. The lowest BCUT2D eigenvalue weighted by atomic mass is 10.2. The zero-order valence-corrected chi connectivity index (χ0v) is 5.07. The molecule has 0 fully saturated rings. The molecule has 1 rings (SSSR count). The lowest BCUT2D eigenvalue weighted by Gasteiger charge is -1.89. The fourth-order valence-corrected chi connectivity index (χ4v) is 0.640. The fourth-order valence-electron chi connectivity index (χ4n) is 0.640. The van der Waals surface area contributed by atoms with Crippen molar-refractivity contribution >= 4 is 12.0 Å². The van der Waals surface area contributed by atoms with E-state index in [1.165, 1.54) is 12.1 Å². The van der Waals surface area contributed by atoms with Gasteiger partial charge in [0.05, 0.1) is 5.56 Å². The van der Waals surface area contributed by atoms with Crippen molar-refractivity contribution in [2.45, 2.75) is 0 Å². The maximum atomic E-state index is 10.1. The number of rotatable bonds is 2. The van der Waals surface area contributed by atoms with Crippen LogP contribution in [0.4, 0.5) is 5.69 Å². The summed E-state index contributed by atoms with van der Waals surface area (Å²) in [7, 11) is 0. The third-order valence-corrected chi connectivity index (χ3v) is 1.11. The van der Waals surface area contributed by atoms with Gasteiger partial charge in [-0.15, -0.1) is 4.91 Å². The summed E-state index contributed by atoms with van der Waals surface area (Å²) in [6.45, 7) is 0. The molecule has 0 aromatic heterocycles. The van der Waals surface area contributed by atoms with Crippen molar-refractivity contribution in [2.75, 3.05) is 0 Å². The molecule has 0 saturated heterocycles. The summed E-state index contributed by atoms with van der Waals surface area (Å²) >= 11 is 0. The molecule has 0 amide bonds. The van der Waals surface area contributed by atoms with E-state index in [-0.39, 0.29) is 11.3 Å². The van der Waals surface area contributed by atoms with Gasteiger partial charge >= 0.3 is 0 Å². The Labute approximate surface area is 57.7 Å². The Kier molecular flexibility index (Phi) is 1.89. The first-order valence-electron chi connectivity index (χ1n) is 2.69. The highest BCUT2D eigenvalue weighted by Crippen LogP contribution is 2.14. The molecule has 0 unspecified atom stereocenters. The predicted octanol–water partition coefficient (Wildman–Crippen LogP) is 1.54. The first-order chi connectivity index (χ1) is 4.88. The molecule has 0 spiro atoms. The van der Waals surface area contributed by atoms with Gasteiger partial charge in [-0.05, 0) is 17.3 Å². The van der Waals surface area contributed by atoms with E-state index in [4.69, 9.17) is 0 Å². The van der Waals surface area contributed by atoms with Crippen LogP contribution in [0.15, 0.2) is 29.4 Å². The minimum absolute atomic E-state index is 0.137. The van der Waals surface area contributed by atoms with Gasteiger partial charge in [0.15, 0.2) is 0 Å². The highest BCUT2D eigenvalue weighted by molar-refractivity contribution is 5.82. The molecule has 0 bridgehead atoms. The minimum Gasteiger partial charge on any atom is -0.285 e. The molecule has 0 atom stereocenters. The highest BCUT2D eigenvalue weighted by atomic mass is 16.3. The van der Waals surface area contributed by atoms with Gasteiger partial charge in [-0.25, -0.2) is 0 Å². The van der Waals surface area contributed by atoms with Crippen LogP contribution < -0.4 is 0 Å². The molecule has 1 radical (unpaired) electrons. The van der Waals surface area contributed by atoms with Crippen molar-refractivity contribution in [1.82, 2.24) is 0 Å². The SMILES string of the molecule is O=[C]c1ccccc1N=O. The van der Waals surface area contributed by atoms with E-state index >= 15 is 0 Å². The second-order valence-corrected chi connectivity index (χ2v) is 1.71. The van der Waals surface area contributed by atoms with Gasteiger partial charge in [-0.2, -0.15) is 0 Å². The maximum Gasteiger partial charge on any atom is 0.235 e. The van der Waals surface area contributed by atoms with Crippen molar-refractivity contribution in [3.05, 3.63) is 34.7 Å². The fraction of sp³-hybridized carbons (Fsp3) is 0. The first kappa shape index (κ1) is 6.61. The summed E-state index contributed by atoms with van der Waals surface area (Å²) in [5.41, 5.74) is 0.343. The molecule has 0 aliphatic carbocycles. The van der Waals surface area contributed by atoms with Crippen LogP contribution >= 0.6 is 0 Å². The zero-order chi connectivity index (χ0) is 7.40.